The molecule has 0 unspecified atom stereocenters. The first-order valence-electron chi connectivity index (χ1n) is 6.29. The monoisotopic (exact) mass is 209 g/mol. The number of nitrogens with zero attached hydrogens (tertiary/aromatic N) is 1. The fourth-order valence-corrected chi connectivity index (χ4v) is 3.60. The van der Waals surface area contributed by atoms with Crippen molar-refractivity contribution in [3.63, 3.8) is 0 Å². The lowest BCUT2D eigenvalue weighted by molar-refractivity contribution is -0.138. The molecule has 0 bridgehead atoms. The van der Waals surface area contributed by atoms with Crippen LogP contribution in [0.5, 0.6) is 0 Å². The van der Waals surface area contributed by atoms with Crippen molar-refractivity contribution in [3.05, 3.63) is 0 Å². The summed E-state index contributed by atoms with van der Waals surface area (Å²) in [5, 5.41) is 0. The fraction of sp³-hybridized carbons (Fsp3) is 0.923. The molecule has 0 atom stereocenters. The van der Waals surface area contributed by atoms with Crippen LogP contribution >= 0.6 is 0 Å². The van der Waals surface area contributed by atoms with Crippen LogP contribution in [-0.2, 0) is 4.79 Å². The van der Waals surface area contributed by atoms with Crippen molar-refractivity contribution in [2.45, 2.75) is 76.8 Å². The van der Waals surface area contributed by atoms with Gasteiger partial charge in [-0.05, 0) is 40.0 Å². The van der Waals surface area contributed by atoms with Gasteiger partial charge in [0.2, 0.25) is 5.91 Å². The van der Waals surface area contributed by atoms with Gasteiger partial charge in [0, 0.05) is 17.5 Å². The highest BCUT2D eigenvalue weighted by molar-refractivity contribution is 5.80. The highest BCUT2D eigenvalue weighted by Gasteiger charge is 2.49. The van der Waals surface area contributed by atoms with Crippen LogP contribution in [0.3, 0.4) is 0 Å². The van der Waals surface area contributed by atoms with E-state index in [2.05, 4.69) is 25.7 Å². The zero-order valence-electron chi connectivity index (χ0n) is 10.3. The smallest absolute Gasteiger partial charge is 0.223 e. The molecular formula is C13H23NO. The molecule has 1 saturated heterocycles. The molecule has 0 aromatic rings. The predicted molar refractivity (Wildman–Crippen MR) is 61.6 cm³/mol. The number of hydrogen-bond acceptors (Lipinski definition) is 1. The summed E-state index contributed by atoms with van der Waals surface area (Å²) in [5.74, 6) is 0.379. The van der Waals surface area contributed by atoms with Crippen LogP contribution in [0, 0.1) is 0 Å². The van der Waals surface area contributed by atoms with Crippen molar-refractivity contribution in [3.8, 4) is 0 Å². The van der Waals surface area contributed by atoms with E-state index in [1.165, 1.54) is 32.1 Å². The molecule has 2 fully saturated rings. The van der Waals surface area contributed by atoms with Gasteiger partial charge in [0.25, 0.3) is 0 Å². The molecule has 0 aromatic carbocycles. The summed E-state index contributed by atoms with van der Waals surface area (Å²) < 4.78 is 0. The van der Waals surface area contributed by atoms with E-state index in [1.807, 2.05) is 0 Å². The minimum absolute atomic E-state index is 0.00488. The summed E-state index contributed by atoms with van der Waals surface area (Å²) in [7, 11) is 0. The van der Waals surface area contributed by atoms with Gasteiger partial charge in [-0.15, -0.1) is 0 Å². The van der Waals surface area contributed by atoms with Gasteiger partial charge >= 0.3 is 0 Å². The third-order valence-corrected chi connectivity index (χ3v) is 3.98. The number of hydrogen-bond donors (Lipinski definition) is 0. The molecule has 2 nitrogen and oxygen atoms in total. The Kier molecular flexibility index (Phi) is 2.56. The Balaban J connectivity index is 2.27. The van der Waals surface area contributed by atoms with Crippen LogP contribution in [0.1, 0.15) is 65.7 Å². The first-order valence-corrected chi connectivity index (χ1v) is 6.29. The molecule has 1 spiro atoms. The Morgan fingerprint density at radius 2 is 1.67 bits per heavy atom. The van der Waals surface area contributed by atoms with Crippen LogP contribution in [-0.4, -0.2) is 21.9 Å². The lowest BCUT2D eigenvalue weighted by atomic mass is 9.78. The predicted octanol–water partition coefficient (Wildman–Crippen LogP) is 3.11. The van der Waals surface area contributed by atoms with Gasteiger partial charge in [0.05, 0.1) is 0 Å². The molecule has 1 aliphatic heterocycles. The van der Waals surface area contributed by atoms with Gasteiger partial charge < -0.3 is 4.90 Å². The minimum atomic E-state index is 0.00488. The van der Waals surface area contributed by atoms with Crippen molar-refractivity contribution in [1.29, 1.82) is 0 Å². The van der Waals surface area contributed by atoms with E-state index in [4.69, 9.17) is 0 Å². The Labute approximate surface area is 93.0 Å². The minimum Gasteiger partial charge on any atom is -0.332 e. The van der Waals surface area contributed by atoms with Crippen LogP contribution in [0.25, 0.3) is 0 Å². The maximum Gasteiger partial charge on any atom is 0.223 e. The average molecular weight is 209 g/mol. The molecule has 1 heterocycles. The second-order valence-electron chi connectivity index (χ2n) is 6.18. The van der Waals surface area contributed by atoms with Crippen molar-refractivity contribution >= 4 is 5.91 Å². The third kappa shape index (κ3) is 1.79. The summed E-state index contributed by atoms with van der Waals surface area (Å²) in [6.07, 6.45) is 8.31. The normalized spacial score (nSPS) is 26.3. The van der Waals surface area contributed by atoms with E-state index >= 15 is 0 Å². The topological polar surface area (TPSA) is 20.3 Å². The summed E-state index contributed by atoms with van der Waals surface area (Å²) in [6, 6.07) is 0. The number of carbonyl (C=O) groups is 1. The SMILES string of the molecule is CC(C)(C)N1C(=O)CCC12CCCCC2. The fourth-order valence-electron chi connectivity index (χ4n) is 3.60. The number of amides is 1. The Bertz CT molecular complexity index is 258. The molecule has 0 N–H and O–H groups in total. The molecule has 1 saturated carbocycles. The molecule has 1 amide bonds. The van der Waals surface area contributed by atoms with Crippen molar-refractivity contribution < 1.29 is 4.79 Å². The lowest BCUT2D eigenvalue weighted by Gasteiger charge is -2.48. The molecular weight excluding hydrogens is 186 g/mol. The van der Waals surface area contributed by atoms with Crippen molar-refractivity contribution in [1.82, 2.24) is 4.90 Å². The van der Waals surface area contributed by atoms with Crippen LogP contribution in [0.2, 0.25) is 0 Å². The summed E-state index contributed by atoms with van der Waals surface area (Å²) in [4.78, 5) is 14.2. The third-order valence-electron chi connectivity index (χ3n) is 3.98. The zero-order chi connectivity index (χ0) is 11.1. The van der Waals surface area contributed by atoms with Gasteiger partial charge in [-0.25, -0.2) is 0 Å². The summed E-state index contributed by atoms with van der Waals surface area (Å²) in [5.41, 5.74) is 0.235. The van der Waals surface area contributed by atoms with Gasteiger partial charge in [0.15, 0.2) is 0 Å². The lowest BCUT2D eigenvalue weighted by Crippen LogP contribution is -2.55. The van der Waals surface area contributed by atoms with Gasteiger partial charge in [-0.1, -0.05) is 19.3 Å². The molecule has 86 valence electrons. The average Bonchev–Trinajstić information content (AvgIpc) is 2.44. The van der Waals surface area contributed by atoms with Crippen LogP contribution in [0.15, 0.2) is 0 Å². The van der Waals surface area contributed by atoms with Gasteiger partial charge in [-0.2, -0.15) is 0 Å². The first-order chi connectivity index (χ1) is 6.96. The molecule has 1 aliphatic carbocycles. The van der Waals surface area contributed by atoms with E-state index < -0.39 is 0 Å². The van der Waals surface area contributed by atoms with Gasteiger partial charge in [0.1, 0.15) is 0 Å². The van der Waals surface area contributed by atoms with E-state index in [0.29, 0.717) is 5.91 Å². The number of rotatable bonds is 0. The Morgan fingerprint density at radius 1 is 1.07 bits per heavy atom. The Morgan fingerprint density at radius 3 is 2.20 bits per heavy atom. The Hall–Kier alpha value is -0.530. The van der Waals surface area contributed by atoms with Crippen molar-refractivity contribution in [2.24, 2.45) is 0 Å². The number of likely N-dealkylation sites (tertiary alicyclic amines) is 1. The summed E-state index contributed by atoms with van der Waals surface area (Å²) in [6.45, 7) is 6.52. The highest BCUT2D eigenvalue weighted by Crippen LogP contribution is 2.45. The van der Waals surface area contributed by atoms with E-state index in [0.717, 1.165) is 12.8 Å². The highest BCUT2D eigenvalue weighted by atomic mass is 16.2. The van der Waals surface area contributed by atoms with E-state index in [-0.39, 0.29) is 11.1 Å². The van der Waals surface area contributed by atoms with Crippen LogP contribution in [0.4, 0.5) is 0 Å². The largest absolute Gasteiger partial charge is 0.332 e. The maximum atomic E-state index is 12.0. The molecule has 2 rings (SSSR count). The second kappa shape index (κ2) is 3.50. The molecule has 2 heteroatoms. The van der Waals surface area contributed by atoms with E-state index in [9.17, 15) is 4.79 Å². The van der Waals surface area contributed by atoms with Crippen LogP contribution < -0.4 is 0 Å². The second-order valence-corrected chi connectivity index (χ2v) is 6.18. The quantitative estimate of drug-likeness (QED) is 0.600. The maximum absolute atomic E-state index is 12.0. The first kappa shape index (κ1) is 11.0. The van der Waals surface area contributed by atoms with E-state index in [1.54, 1.807) is 0 Å². The standard InChI is InChI=1S/C13H23NO/c1-12(2,3)14-11(15)7-10-13(14)8-5-4-6-9-13/h4-10H2,1-3H3. The molecule has 15 heavy (non-hydrogen) atoms. The zero-order valence-corrected chi connectivity index (χ0v) is 10.3. The van der Waals surface area contributed by atoms with Gasteiger partial charge in [-0.3, -0.25) is 4.79 Å². The molecule has 2 aliphatic rings. The molecule has 0 aromatic heterocycles. The molecule has 0 radical (unpaired) electrons. The number of carbonyl (C=O) groups excluding carboxylic acids is 1. The summed E-state index contributed by atoms with van der Waals surface area (Å²) >= 11 is 0. The van der Waals surface area contributed by atoms with Crippen molar-refractivity contribution in [2.75, 3.05) is 0 Å².